The number of benzene rings is 1. The summed E-state index contributed by atoms with van der Waals surface area (Å²) in [4.78, 5) is 17.1. The minimum Gasteiger partial charge on any atom is -0.485 e. The van der Waals surface area contributed by atoms with Crippen LogP contribution in [0.2, 0.25) is 5.02 Å². The lowest BCUT2D eigenvalue weighted by Crippen LogP contribution is -2.39. The van der Waals surface area contributed by atoms with Crippen molar-refractivity contribution in [1.82, 2.24) is 14.7 Å². The van der Waals surface area contributed by atoms with E-state index in [1.807, 2.05) is 0 Å². The van der Waals surface area contributed by atoms with Crippen LogP contribution < -0.4 is 15.8 Å². The summed E-state index contributed by atoms with van der Waals surface area (Å²) in [5, 5.41) is 3.11. The van der Waals surface area contributed by atoms with Gasteiger partial charge in [-0.2, -0.15) is 0 Å². The Labute approximate surface area is 170 Å². The minimum atomic E-state index is -0.710. The first kappa shape index (κ1) is 19.6. The third-order valence-corrected chi connectivity index (χ3v) is 5.18. The van der Waals surface area contributed by atoms with Gasteiger partial charge in [-0.15, -0.1) is 0 Å². The fourth-order valence-electron chi connectivity index (χ4n) is 3.07. The second-order valence-electron chi connectivity index (χ2n) is 7.30. The molecule has 1 aromatic carbocycles. The molecular weight excluding hydrogens is 402 g/mol. The molecule has 3 aromatic rings. The van der Waals surface area contributed by atoms with Crippen LogP contribution in [0.3, 0.4) is 0 Å². The Bertz CT molecular complexity index is 1090. The Hall–Kier alpha value is -2.71. The molecule has 3 N–H and O–H groups in total. The van der Waals surface area contributed by atoms with Gasteiger partial charge in [0, 0.05) is 24.3 Å². The molecule has 9 heteroatoms. The smallest absolute Gasteiger partial charge is 0.270 e. The molecule has 0 unspecified atom stereocenters. The highest BCUT2D eigenvalue weighted by molar-refractivity contribution is 6.30. The molecule has 2 heterocycles. The molecule has 1 aliphatic rings. The highest BCUT2D eigenvalue weighted by atomic mass is 35.5. The van der Waals surface area contributed by atoms with Crippen molar-refractivity contribution in [1.29, 1.82) is 0 Å². The van der Waals surface area contributed by atoms with Crippen LogP contribution in [0.5, 0.6) is 5.75 Å². The van der Waals surface area contributed by atoms with Gasteiger partial charge in [-0.05, 0) is 31.9 Å². The zero-order valence-electron chi connectivity index (χ0n) is 15.6. The zero-order chi connectivity index (χ0) is 20.8. The Morgan fingerprint density at radius 1 is 1.38 bits per heavy atom. The van der Waals surface area contributed by atoms with Gasteiger partial charge in [-0.3, -0.25) is 9.20 Å². The van der Waals surface area contributed by atoms with E-state index in [9.17, 15) is 13.6 Å². The standard InChI is InChI=1S/C20H19ClF2N4O2/c1-11-17(19(28)25-10-20(24)5-6-20)27-8-12(21)7-16(18(27)26-11)29-9-13-14(22)3-2-4-15(13)23/h2-4,7-8H,5-6,9-10,24H2,1H3,(H,25,28). The monoisotopic (exact) mass is 420 g/mol. The quantitative estimate of drug-likeness (QED) is 0.640. The van der Waals surface area contributed by atoms with Gasteiger partial charge in [0.05, 0.1) is 16.3 Å². The van der Waals surface area contributed by atoms with Gasteiger partial charge in [-0.1, -0.05) is 17.7 Å². The number of imidazole rings is 1. The lowest BCUT2D eigenvalue weighted by molar-refractivity contribution is 0.0943. The van der Waals surface area contributed by atoms with Crippen molar-refractivity contribution >= 4 is 23.2 Å². The van der Waals surface area contributed by atoms with Crippen LogP contribution in [0.15, 0.2) is 30.5 Å². The number of aromatic nitrogens is 2. The molecule has 4 rings (SSSR count). The highest BCUT2D eigenvalue weighted by Crippen LogP contribution is 2.31. The number of ether oxygens (including phenoxy) is 1. The molecule has 1 amide bonds. The van der Waals surface area contributed by atoms with Crippen LogP contribution in [0.4, 0.5) is 8.78 Å². The largest absolute Gasteiger partial charge is 0.485 e. The molecule has 29 heavy (non-hydrogen) atoms. The first-order valence-corrected chi connectivity index (χ1v) is 9.46. The number of fused-ring (bicyclic) bond motifs is 1. The molecule has 2 aromatic heterocycles. The Kier molecular flexibility index (Phi) is 4.92. The fourth-order valence-corrected chi connectivity index (χ4v) is 3.27. The number of hydrogen-bond donors (Lipinski definition) is 2. The second-order valence-corrected chi connectivity index (χ2v) is 7.73. The Morgan fingerprint density at radius 3 is 2.72 bits per heavy atom. The van der Waals surface area contributed by atoms with E-state index in [0.717, 1.165) is 25.0 Å². The zero-order valence-corrected chi connectivity index (χ0v) is 16.4. The molecule has 6 nitrogen and oxygen atoms in total. The van der Waals surface area contributed by atoms with E-state index in [1.54, 1.807) is 6.92 Å². The summed E-state index contributed by atoms with van der Waals surface area (Å²) in [5.74, 6) is -1.54. The van der Waals surface area contributed by atoms with Crippen molar-refractivity contribution in [3.8, 4) is 5.75 Å². The number of rotatable bonds is 6. The average molecular weight is 421 g/mol. The van der Waals surface area contributed by atoms with Crippen molar-refractivity contribution in [3.63, 3.8) is 0 Å². The maximum Gasteiger partial charge on any atom is 0.270 e. The van der Waals surface area contributed by atoms with E-state index in [1.165, 1.54) is 22.7 Å². The van der Waals surface area contributed by atoms with Crippen molar-refractivity contribution in [2.45, 2.75) is 31.9 Å². The van der Waals surface area contributed by atoms with Crippen LogP contribution in [-0.2, 0) is 6.61 Å². The molecular formula is C20H19ClF2N4O2. The predicted octanol–water partition coefficient (Wildman–Crippen LogP) is 3.37. The predicted molar refractivity (Wildman–Crippen MR) is 104 cm³/mol. The average Bonchev–Trinajstić information content (AvgIpc) is 3.30. The molecule has 0 bridgehead atoms. The number of aryl methyl sites for hydroxylation is 1. The molecule has 1 saturated carbocycles. The second kappa shape index (κ2) is 7.27. The molecule has 0 atom stereocenters. The molecule has 0 saturated heterocycles. The summed E-state index contributed by atoms with van der Waals surface area (Å²) in [7, 11) is 0. The van der Waals surface area contributed by atoms with Crippen LogP contribution >= 0.6 is 11.6 Å². The van der Waals surface area contributed by atoms with E-state index in [-0.39, 0.29) is 34.4 Å². The molecule has 1 fully saturated rings. The first-order chi connectivity index (χ1) is 13.8. The number of pyridine rings is 1. The first-order valence-electron chi connectivity index (χ1n) is 9.08. The van der Waals surface area contributed by atoms with E-state index in [4.69, 9.17) is 22.1 Å². The van der Waals surface area contributed by atoms with Crippen molar-refractivity contribution in [2.24, 2.45) is 5.73 Å². The Balaban J connectivity index is 1.64. The number of halogens is 3. The summed E-state index contributed by atoms with van der Waals surface area (Å²) >= 11 is 6.19. The van der Waals surface area contributed by atoms with Crippen LogP contribution in [-0.4, -0.2) is 27.4 Å². The summed E-state index contributed by atoms with van der Waals surface area (Å²) in [5.41, 5.74) is 6.58. The van der Waals surface area contributed by atoms with Crippen molar-refractivity contribution < 1.29 is 18.3 Å². The molecule has 0 spiro atoms. The normalized spacial score (nSPS) is 14.8. The maximum absolute atomic E-state index is 13.9. The Morgan fingerprint density at radius 2 is 2.07 bits per heavy atom. The molecule has 0 aliphatic heterocycles. The molecule has 1 aliphatic carbocycles. The number of hydrogen-bond acceptors (Lipinski definition) is 4. The maximum atomic E-state index is 13.9. The van der Waals surface area contributed by atoms with Gasteiger partial charge in [-0.25, -0.2) is 13.8 Å². The topological polar surface area (TPSA) is 81.7 Å². The van der Waals surface area contributed by atoms with E-state index < -0.39 is 11.6 Å². The summed E-state index contributed by atoms with van der Waals surface area (Å²) < 4.78 is 34.9. The van der Waals surface area contributed by atoms with E-state index in [2.05, 4.69) is 10.3 Å². The van der Waals surface area contributed by atoms with Gasteiger partial charge in [0.1, 0.15) is 23.9 Å². The highest BCUT2D eigenvalue weighted by Gasteiger charge is 2.38. The summed E-state index contributed by atoms with van der Waals surface area (Å²) in [6.45, 7) is 1.71. The van der Waals surface area contributed by atoms with Crippen molar-refractivity contribution in [2.75, 3.05) is 6.54 Å². The number of amides is 1. The number of nitrogens with two attached hydrogens (primary N) is 1. The van der Waals surface area contributed by atoms with Gasteiger partial charge in [0.2, 0.25) is 0 Å². The number of carbonyl (C=O) groups is 1. The summed E-state index contributed by atoms with van der Waals surface area (Å²) in [6.07, 6.45) is 3.28. The number of nitrogens with one attached hydrogen (secondary N) is 1. The fraction of sp³-hybridized carbons (Fsp3) is 0.300. The van der Waals surface area contributed by atoms with Crippen LogP contribution in [0.1, 0.15) is 34.6 Å². The van der Waals surface area contributed by atoms with E-state index >= 15 is 0 Å². The third-order valence-electron chi connectivity index (χ3n) is 4.97. The lowest BCUT2D eigenvalue weighted by atomic mass is 10.2. The molecule has 0 radical (unpaired) electrons. The SMILES string of the molecule is Cc1nc2c(OCc3c(F)cccc3F)cc(Cl)cn2c1C(=O)NCC1(N)CC1. The van der Waals surface area contributed by atoms with Gasteiger partial charge >= 0.3 is 0 Å². The van der Waals surface area contributed by atoms with Crippen molar-refractivity contribution in [3.05, 3.63) is 64.1 Å². The van der Waals surface area contributed by atoms with Gasteiger partial charge in [0.25, 0.3) is 5.91 Å². The minimum absolute atomic E-state index is 0.204. The van der Waals surface area contributed by atoms with Crippen LogP contribution in [0.25, 0.3) is 5.65 Å². The van der Waals surface area contributed by atoms with Gasteiger partial charge < -0.3 is 15.8 Å². The molecule has 152 valence electrons. The lowest BCUT2D eigenvalue weighted by Gasteiger charge is -2.12. The third kappa shape index (κ3) is 3.90. The summed E-state index contributed by atoms with van der Waals surface area (Å²) in [6, 6.07) is 5.08. The van der Waals surface area contributed by atoms with E-state index in [0.29, 0.717) is 23.6 Å². The van der Waals surface area contributed by atoms with Gasteiger partial charge in [0.15, 0.2) is 11.4 Å². The van der Waals surface area contributed by atoms with Crippen LogP contribution in [0, 0.1) is 18.6 Å². The number of carbonyl (C=O) groups excluding carboxylic acids is 1. The number of nitrogens with zero attached hydrogens (tertiary/aromatic N) is 2.